The van der Waals surface area contributed by atoms with E-state index in [9.17, 15) is 0 Å². The normalized spacial score (nSPS) is 11.8. The van der Waals surface area contributed by atoms with Crippen LogP contribution >= 0.6 is 0 Å². The number of rotatable bonds is 8. The van der Waals surface area contributed by atoms with Crippen LogP contribution in [-0.2, 0) is 0 Å². The number of ether oxygens (including phenoxy) is 4. The fourth-order valence-corrected chi connectivity index (χ4v) is 7.61. The highest BCUT2D eigenvalue weighted by molar-refractivity contribution is 6.01. The third kappa shape index (κ3) is 6.07. The topological polar surface area (TPSA) is 94.3 Å². The molecule has 8 bridgehead atoms. The lowest BCUT2D eigenvalue weighted by atomic mass is 10.0. The van der Waals surface area contributed by atoms with Crippen LogP contribution in [0.15, 0.2) is 121 Å². The molecule has 0 unspecified atom stereocenters. The van der Waals surface area contributed by atoms with E-state index in [0.717, 1.165) is 89.4 Å². The molecule has 0 amide bonds. The Kier molecular flexibility index (Phi) is 8.91. The number of fused-ring (bicyclic) bond motifs is 8. The Balaban J connectivity index is 1.49. The molecule has 56 heavy (non-hydrogen) atoms. The third-order valence-corrected chi connectivity index (χ3v) is 10.2. The third-order valence-electron chi connectivity index (χ3n) is 10.2. The second-order valence-electron chi connectivity index (χ2n) is 13.4. The minimum absolute atomic E-state index is 0.697. The van der Waals surface area contributed by atoms with Gasteiger partial charge in [0, 0.05) is 55.4 Å². The van der Waals surface area contributed by atoms with Crippen LogP contribution in [0.1, 0.15) is 22.8 Å². The van der Waals surface area contributed by atoms with E-state index in [2.05, 4.69) is 82.8 Å². The van der Waals surface area contributed by atoms with Gasteiger partial charge in [-0.1, -0.05) is 60.7 Å². The molecule has 3 aromatic heterocycles. The number of nitrogens with one attached hydrogen (secondary N) is 2. The zero-order valence-corrected chi connectivity index (χ0v) is 31.4. The van der Waals surface area contributed by atoms with Gasteiger partial charge in [0.2, 0.25) is 0 Å². The molecular formula is C48H38N4O4. The summed E-state index contributed by atoms with van der Waals surface area (Å²) in [6.45, 7) is 0. The van der Waals surface area contributed by atoms with Gasteiger partial charge in [-0.15, -0.1) is 0 Å². The van der Waals surface area contributed by atoms with Gasteiger partial charge in [-0.05, 0) is 96.1 Å². The van der Waals surface area contributed by atoms with E-state index in [1.165, 1.54) is 0 Å². The highest BCUT2D eigenvalue weighted by Crippen LogP contribution is 2.43. The molecule has 0 spiro atoms. The van der Waals surface area contributed by atoms with Crippen molar-refractivity contribution in [1.82, 2.24) is 19.9 Å². The molecule has 0 fully saturated rings. The Bertz CT molecular complexity index is 2660. The van der Waals surface area contributed by atoms with Crippen molar-refractivity contribution in [2.24, 2.45) is 0 Å². The van der Waals surface area contributed by atoms with Crippen molar-refractivity contribution in [3.05, 3.63) is 144 Å². The molecule has 0 atom stereocenters. The summed E-state index contributed by atoms with van der Waals surface area (Å²) in [5, 5.41) is 0. The van der Waals surface area contributed by atoms with Gasteiger partial charge in [0.1, 0.15) is 23.0 Å². The number of hydrogen-bond donors (Lipinski definition) is 2. The maximum absolute atomic E-state index is 5.97. The highest BCUT2D eigenvalue weighted by atomic mass is 16.5. The summed E-state index contributed by atoms with van der Waals surface area (Å²) in [5.74, 6) is 2.81. The van der Waals surface area contributed by atoms with Crippen molar-refractivity contribution in [1.29, 1.82) is 0 Å². The van der Waals surface area contributed by atoms with Crippen molar-refractivity contribution in [3.63, 3.8) is 0 Å². The maximum Gasteiger partial charge on any atom is 0.127 e. The Hall–Kier alpha value is -7.32. The molecular weight excluding hydrogens is 697 g/mol. The van der Waals surface area contributed by atoms with Gasteiger partial charge in [0.15, 0.2) is 0 Å². The van der Waals surface area contributed by atoms with E-state index < -0.39 is 0 Å². The van der Waals surface area contributed by atoms with Crippen LogP contribution in [0.3, 0.4) is 0 Å². The predicted molar refractivity (Wildman–Crippen MR) is 227 cm³/mol. The van der Waals surface area contributed by atoms with Crippen molar-refractivity contribution >= 4 is 46.4 Å². The van der Waals surface area contributed by atoms with Gasteiger partial charge in [-0.25, -0.2) is 9.97 Å². The first-order chi connectivity index (χ1) is 27.6. The lowest BCUT2D eigenvalue weighted by molar-refractivity contribution is 0.404. The average Bonchev–Trinajstić information content (AvgIpc) is 4.10. The number of H-pyrrole nitrogens is 2. The first kappa shape index (κ1) is 34.4. The van der Waals surface area contributed by atoms with Gasteiger partial charge in [-0.2, -0.15) is 0 Å². The summed E-state index contributed by atoms with van der Waals surface area (Å²) < 4.78 is 23.4. The summed E-state index contributed by atoms with van der Waals surface area (Å²) in [6, 6.07) is 40.7. The summed E-state index contributed by atoms with van der Waals surface area (Å²) in [4.78, 5) is 18.4. The number of nitrogens with zero attached hydrogens (tertiary/aromatic N) is 2. The molecule has 7 aromatic rings. The molecule has 274 valence electrons. The largest absolute Gasteiger partial charge is 0.497 e. The number of benzene rings is 4. The Morgan fingerprint density at radius 2 is 0.732 bits per heavy atom. The van der Waals surface area contributed by atoms with E-state index in [1.807, 2.05) is 72.8 Å². The first-order valence-corrected chi connectivity index (χ1v) is 18.3. The molecule has 2 aliphatic heterocycles. The van der Waals surface area contributed by atoms with E-state index in [1.54, 1.807) is 28.4 Å². The Labute approximate surface area is 324 Å². The molecule has 4 aromatic carbocycles. The van der Waals surface area contributed by atoms with Crippen LogP contribution in [0.2, 0.25) is 0 Å². The summed E-state index contributed by atoms with van der Waals surface area (Å²) >= 11 is 0. The summed E-state index contributed by atoms with van der Waals surface area (Å²) in [6.07, 6.45) is 8.30. The van der Waals surface area contributed by atoms with Crippen LogP contribution < -0.4 is 18.9 Å². The number of methoxy groups -OCH3 is 4. The Morgan fingerprint density at radius 3 is 1.09 bits per heavy atom. The van der Waals surface area contributed by atoms with E-state index in [4.69, 9.17) is 28.9 Å². The van der Waals surface area contributed by atoms with Crippen LogP contribution in [0.5, 0.6) is 23.0 Å². The maximum atomic E-state index is 5.97. The fraction of sp³-hybridized carbons (Fsp3) is 0.0833. The molecule has 9 rings (SSSR count). The van der Waals surface area contributed by atoms with Crippen molar-refractivity contribution in [3.8, 4) is 67.5 Å². The van der Waals surface area contributed by atoms with Gasteiger partial charge in [-0.3, -0.25) is 0 Å². The molecule has 2 N–H and O–H groups in total. The first-order valence-electron chi connectivity index (χ1n) is 18.3. The average molecular weight is 735 g/mol. The van der Waals surface area contributed by atoms with Gasteiger partial charge < -0.3 is 28.9 Å². The quantitative estimate of drug-likeness (QED) is 0.161. The fourth-order valence-electron chi connectivity index (χ4n) is 7.61. The zero-order valence-electron chi connectivity index (χ0n) is 31.4. The zero-order chi connectivity index (χ0) is 38.2. The molecule has 0 radical (unpaired) electrons. The van der Waals surface area contributed by atoms with Gasteiger partial charge in [0.25, 0.3) is 0 Å². The molecule has 0 saturated carbocycles. The van der Waals surface area contributed by atoms with E-state index >= 15 is 0 Å². The molecule has 2 aliphatic rings. The minimum atomic E-state index is 0.697. The molecule has 0 aliphatic carbocycles. The lowest BCUT2D eigenvalue weighted by Crippen LogP contribution is -1.94. The van der Waals surface area contributed by atoms with Crippen LogP contribution in [0.4, 0.5) is 0 Å². The van der Waals surface area contributed by atoms with Crippen molar-refractivity contribution in [2.45, 2.75) is 0 Å². The minimum Gasteiger partial charge on any atom is -0.497 e. The van der Waals surface area contributed by atoms with E-state index in [0.29, 0.717) is 23.0 Å². The van der Waals surface area contributed by atoms with E-state index in [-0.39, 0.29) is 0 Å². The monoisotopic (exact) mass is 734 g/mol. The van der Waals surface area contributed by atoms with Gasteiger partial charge >= 0.3 is 0 Å². The number of aromatic nitrogens is 4. The van der Waals surface area contributed by atoms with Gasteiger partial charge in [0.05, 0.1) is 51.2 Å². The lowest BCUT2D eigenvalue weighted by Gasteiger charge is -2.12. The standard InChI is InChI=1S/C48H38N4O4/c1-53-31-15-25-43(55-3)33(27-31)47-39-21-17-35(49-39)45(29-11-7-5-8-12-29)37-19-23-41(51-37)48(34-28-32(54-2)16-26-44(34)56-4)42-24-20-38(52-42)46(30-13-9-6-10-14-30)36-18-22-40(47)50-36/h5-28,49,52H,1-4H3. The smallest absolute Gasteiger partial charge is 0.127 e. The molecule has 5 heterocycles. The van der Waals surface area contributed by atoms with Crippen molar-refractivity contribution < 1.29 is 18.9 Å². The molecule has 0 saturated heterocycles. The van der Waals surface area contributed by atoms with Crippen LogP contribution in [-0.4, -0.2) is 48.4 Å². The Morgan fingerprint density at radius 1 is 0.375 bits per heavy atom. The summed E-state index contributed by atoms with van der Waals surface area (Å²) in [7, 11) is 6.70. The SMILES string of the molecule is COc1ccc(OC)c(-c2c3nc(c(-c4ccccc4)c4ccc([nH]4)c(-c4cc(OC)ccc4OC)c4nc(c(-c5ccccc5)c5ccc2[nH]5)C=C4)C=C3)c1. The second-order valence-corrected chi connectivity index (χ2v) is 13.4. The molecule has 8 heteroatoms. The highest BCUT2D eigenvalue weighted by Gasteiger charge is 2.22. The second kappa shape index (κ2) is 14.5. The predicted octanol–water partition coefficient (Wildman–Crippen LogP) is 11.4. The summed E-state index contributed by atoms with van der Waals surface area (Å²) in [5.41, 5.74) is 14.0. The van der Waals surface area contributed by atoms with Crippen LogP contribution in [0, 0.1) is 0 Å². The van der Waals surface area contributed by atoms with Crippen molar-refractivity contribution in [2.75, 3.05) is 28.4 Å². The number of aromatic amines is 2. The molecule has 8 nitrogen and oxygen atoms in total. The van der Waals surface area contributed by atoms with Crippen LogP contribution in [0.25, 0.3) is 90.9 Å². The number of hydrogen-bond acceptors (Lipinski definition) is 6.